The molecule has 0 fully saturated rings. The smallest absolute Gasteiger partial charge is 0.335 e. The van der Waals surface area contributed by atoms with Crippen molar-refractivity contribution < 1.29 is 18.8 Å². The summed E-state index contributed by atoms with van der Waals surface area (Å²) in [7, 11) is 0. The van der Waals surface area contributed by atoms with Crippen LogP contribution in [0.25, 0.3) is 0 Å². The highest BCUT2D eigenvalue weighted by Crippen LogP contribution is 2.30. The van der Waals surface area contributed by atoms with E-state index in [-0.39, 0.29) is 12.0 Å². The van der Waals surface area contributed by atoms with Crippen molar-refractivity contribution in [3.63, 3.8) is 0 Å². The lowest BCUT2D eigenvalue weighted by Gasteiger charge is -2.34. The summed E-state index contributed by atoms with van der Waals surface area (Å²) in [5, 5.41) is 0. The summed E-state index contributed by atoms with van der Waals surface area (Å²) in [5.74, 6) is -0.357. The number of hydrogen-bond donors (Lipinski definition) is 0. The van der Waals surface area contributed by atoms with Crippen LogP contribution in [-0.2, 0) is 32.2 Å². The Hall–Kier alpha value is -1.34. The molecule has 1 heterocycles. The van der Waals surface area contributed by atoms with Crippen LogP contribution in [0.5, 0.6) is 0 Å². The molecule has 6 heteroatoms. The van der Waals surface area contributed by atoms with Crippen LogP contribution in [0.3, 0.4) is 0 Å². The largest absolute Gasteiger partial charge is 0.597 e. The Balaban J connectivity index is 2.07. The average molecular weight is 365 g/mol. The third-order valence-corrected chi connectivity index (χ3v) is 5.71. The fourth-order valence-electron chi connectivity index (χ4n) is 2.61. The number of hydrogen-bond acceptors (Lipinski definition) is 5. The van der Waals surface area contributed by atoms with Gasteiger partial charge in [0.05, 0.1) is 31.9 Å². The minimum absolute atomic E-state index is 0.293. The Kier molecular flexibility index (Phi) is 7.07. The van der Waals surface area contributed by atoms with Gasteiger partial charge in [0.2, 0.25) is 0 Å². The molecule has 5 nitrogen and oxygen atoms in total. The summed E-state index contributed by atoms with van der Waals surface area (Å²) in [5.41, 5.74) is 1.60. The van der Waals surface area contributed by atoms with Crippen LogP contribution in [0.2, 0.25) is 0 Å². The highest BCUT2D eigenvalue weighted by atomic mass is 32.2. The van der Waals surface area contributed by atoms with Crippen molar-refractivity contribution in [3.05, 3.63) is 47.5 Å². The van der Waals surface area contributed by atoms with Gasteiger partial charge < -0.3 is 14.0 Å². The number of benzene rings is 1. The van der Waals surface area contributed by atoms with E-state index in [0.29, 0.717) is 31.9 Å². The third-order valence-electron chi connectivity index (χ3n) is 3.83. The number of rotatable bonds is 7. The molecule has 1 aromatic rings. The van der Waals surface area contributed by atoms with Crippen LogP contribution in [0.1, 0.15) is 33.3 Å². The lowest BCUT2D eigenvalue weighted by Crippen LogP contribution is -2.48. The number of esters is 1. The number of carbonyl (C=O) groups is 1. The van der Waals surface area contributed by atoms with Gasteiger partial charge in [-0.05, 0) is 33.3 Å². The summed E-state index contributed by atoms with van der Waals surface area (Å²) < 4.78 is 25.2. The van der Waals surface area contributed by atoms with Gasteiger partial charge in [0, 0.05) is 11.4 Å². The van der Waals surface area contributed by atoms with Crippen LogP contribution in [0.4, 0.5) is 0 Å². The van der Waals surface area contributed by atoms with E-state index in [2.05, 4.69) is 0 Å². The van der Waals surface area contributed by atoms with Crippen molar-refractivity contribution in [2.24, 2.45) is 0 Å². The van der Waals surface area contributed by atoms with Crippen LogP contribution in [0.15, 0.2) is 42.0 Å². The molecular formula is C19H27NO4S. The van der Waals surface area contributed by atoms with Gasteiger partial charge in [-0.3, -0.25) is 0 Å². The van der Waals surface area contributed by atoms with Gasteiger partial charge in [-0.15, -0.1) is 4.31 Å². The van der Waals surface area contributed by atoms with Gasteiger partial charge in [0.1, 0.15) is 10.8 Å². The van der Waals surface area contributed by atoms with Crippen molar-refractivity contribution in [1.29, 1.82) is 0 Å². The SMILES string of the molecule is CCOC(=O)C1=CCN([S@@+]([O-])C(C)(C)C)[C@@H]1COCc1ccccc1. The quantitative estimate of drug-likeness (QED) is 0.549. The Morgan fingerprint density at radius 2 is 2.00 bits per heavy atom. The zero-order chi connectivity index (χ0) is 18.4. The Labute approximate surface area is 153 Å². The minimum Gasteiger partial charge on any atom is -0.597 e. The summed E-state index contributed by atoms with van der Waals surface area (Å²) in [6.45, 7) is 9.06. The van der Waals surface area contributed by atoms with E-state index >= 15 is 0 Å². The third kappa shape index (κ3) is 5.31. The first-order chi connectivity index (χ1) is 11.8. The number of ether oxygens (including phenoxy) is 2. The van der Waals surface area contributed by atoms with Crippen molar-refractivity contribution >= 4 is 17.3 Å². The van der Waals surface area contributed by atoms with E-state index in [1.54, 1.807) is 13.0 Å². The second-order valence-electron chi connectivity index (χ2n) is 6.86. The summed E-state index contributed by atoms with van der Waals surface area (Å²) in [6, 6.07) is 9.49. The standard InChI is InChI=1S/C19H27NO4S/c1-5-24-18(21)16-11-12-20(25(22)19(2,3)4)17(16)14-23-13-15-9-7-6-8-10-15/h6-11,17H,5,12-14H2,1-4H3/t17-,25+/m1/s1. The van der Waals surface area contributed by atoms with Gasteiger partial charge in [0.25, 0.3) is 0 Å². The monoisotopic (exact) mass is 365 g/mol. The molecule has 0 radical (unpaired) electrons. The predicted molar refractivity (Wildman–Crippen MR) is 99.2 cm³/mol. The molecule has 0 saturated carbocycles. The molecule has 0 N–H and O–H groups in total. The molecule has 1 aromatic carbocycles. The maximum atomic E-state index is 12.8. The van der Waals surface area contributed by atoms with E-state index in [0.717, 1.165) is 5.56 Å². The van der Waals surface area contributed by atoms with E-state index in [9.17, 15) is 9.35 Å². The highest BCUT2D eigenvalue weighted by Gasteiger charge is 2.44. The Morgan fingerprint density at radius 3 is 2.60 bits per heavy atom. The Morgan fingerprint density at radius 1 is 1.32 bits per heavy atom. The first-order valence-electron chi connectivity index (χ1n) is 8.52. The van der Waals surface area contributed by atoms with Gasteiger partial charge in [-0.1, -0.05) is 36.4 Å². The van der Waals surface area contributed by atoms with Gasteiger partial charge in [-0.2, -0.15) is 0 Å². The van der Waals surface area contributed by atoms with E-state index in [4.69, 9.17) is 9.47 Å². The van der Waals surface area contributed by atoms with Crippen LogP contribution in [-0.4, -0.2) is 45.4 Å². The van der Waals surface area contributed by atoms with Gasteiger partial charge in [0.15, 0.2) is 0 Å². The highest BCUT2D eigenvalue weighted by molar-refractivity contribution is 7.90. The maximum absolute atomic E-state index is 12.8. The second-order valence-corrected chi connectivity index (χ2v) is 9.05. The van der Waals surface area contributed by atoms with Gasteiger partial charge in [-0.25, -0.2) is 4.79 Å². The lowest BCUT2D eigenvalue weighted by molar-refractivity contribution is -0.139. The van der Waals surface area contributed by atoms with Crippen LogP contribution in [0, 0.1) is 0 Å². The van der Waals surface area contributed by atoms with Crippen molar-refractivity contribution in [1.82, 2.24) is 4.31 Å². The molecule has 0 amide bonds. The molecule has 25 heavy (non-hydrogen) atoms. The second kappa shape index (κ2) is 8.85. The molecule has 1 aliphatic heterocycles. The lowest BCUT2D eigenvalue weighted by atomic mass is 10.1. The molecule has 0 spiro atoms. The molecule has 2 rings (SSSR count). The van der Waals surface area contributed by atoms with Crippen molar-refractivity contribution in [3.8, 4) is 0 Å². The van der Waals surface area contributed by atoms with Crippen molar-refractivity contribution in [2.45, 2.75) is 45.1 Å². The normalized spacial score (nSPS) is 19.6. The molecule has 0 bridgehead atoms. The first kappa shape index (κ1) is 20.0. The molecule has 138 valence electrons. The summed E-state index contributed by atoms with van der Waals surface area (Å²) in [4.78, 5) is 12.2. The van der Waals surface area contributed by atoms with E-state index in [1.807, 2.05) is 55.4 Å². The summed E-state index contributed by atoms with van der Waals surface area (Å²) in [6.07, 6.45) is 1.80. The number of nitrogens with zero attached hydrogens (tertiary/aromatic N) is 1. The zero-order valence-electron chi connectivity index (χ0n) is 15.4. The molecule has 0 saturated heterocycles. The van der Waals surface area contributed by atoms with Crippen LogP contribution >= 0.6 is 0 Å². The zero-order valence-corrected chi connectivity index (χ0v) is 16.2. The Bertz CT molecular complexity index is 597. The van der Waals surface area contributed by atoms with Crippen LogP contribution < -0.4 is 0 Å². The van der Waals surface area contributed by atoms with Gasteiger partial charge >= 0.3 is 5.97 Å². The molecular weight excluding hydrogens is 338 g/mol. The molecule has 0 unspecified atom stereocenters. The summed E-state index contributed by atoms with van der Waals surface area (Å²) >= 11 is -1.24. The molecule has 0 aromatic heterocycles. The maximum Gasteiger partial charge on any atom is 0.335 e. The molecule has 0 aliphatic carbocycles. The molecule has 2 atom stereocenters. The van der Waals surface area contributed by atoms with E-state index < -0.39 is 16.1 Å². The fourth-order valence-corrected chi connectivity index (χ4v) is 3.93. The topological polar surface area (TPSA) is 61.8 Å². The fraction of sp³-hybridized carbons (Fsp3) is 0.526. The molecule has 1 aliphatic rings. The average Bonchev–Trinajstić information content (AvgIpc) is 2.98. The first-order valence-corrected chi connectivity index (χ1v) is 9.62. The number of carbonyl (C=O) groups excluding carboxylic acids is 1. The minimum atomic E-state index is -1.24. The van der Waals surface area contributed by atoms with Crippen molar-refractivity contribution in [2.75, 3.05) is 19.8 Å². The predicted octanol–water partition coefficient (Wildman–Crippen LogP) is 2.84. The van der Waals surface area contributed by atoms with E-state index in [1.165, 1.54) is 0 Å².